The fraction of sp³-hybridized carbons (Fsp3) is 0.462. The summed E-state index contributed by atoms with van der Waals surface area (Å²) in [5, 5.41) is 12.1. The molecule has 1 aromatic carbocycles. The Hall–Kier alpha value is -1.43. The van der Waals surface area contributed by atoms with Crippen LogP contribution in [0.2, 0.25) is 0 Å². The van der Waals surface area contributed by atoms with E-state index >= 15 is 0 Å². The summed E-state index contributed by atoms with van der Waals surface area (Å²) in [5.74, 6) is -0.210. The van der Waals surface area contributed by atoms with E-state index in [2.05, 4.69) is 15.9 Å². The van der Waals surface area contributed by atoms with Gasteiger partial charge in [0.1, 0.15) is 6.04 Å². The molecule has 1 heterocycles. The maximum atomic E-state index is 11.6. The first-order valence-corrected chi connectivity index (χ1v) is 7.14. The van der Waals surface area contributed by atoms with Crippen molar-refractivity contribution in [1.82, 2.24) is 4.90 Å². The van der Waals surface area contributed by atoms with Crippen LogP contribution in [0.25, 0.3) is 0 Å². The maximum Gasteiger partial charge on any atom is 0.248 e. The van der Waals surface area contributed by atoms with Gasteiger partial charge in [0.2, 0.25) is 11.9 Å². The van der Waals surface area contributed by atoms with Crippen LogP contribution in [-0.2, 0) is 4.79 Å². The molecule has 0 N–H and O–H groups in total. The molecule has 0 radical (unpaired) electrons. The third-order valence-electron chi connectivity index (χ3n) is 3.97. The molecule has 3 atom stereocenters. The number of carbonyl (C=O) groups is 1. The minimum Gasteiger partial charge on any atom is -0.330 e. The first-order chi connectivity index (χ1) is 9.05. The summed E-state index contributed by atoms with van der Waals surface area (Å²) >= 11 is 3.33. The second kappa shape index (κ2) is 5.28. The Balaban J connectivity index is 2.52. The molecule has 0 aromatic heterocycles. The summed E-state index contributed by atoms with van der Waals surface area (Å²) in [6.07, 6.45) is 0.710. The smallest absolute Gasteiger partial charge is 0.248 e. The highest BCUT2D eigenvalue weighted by molar-refractivity contribution is 9.09. The summed E-state index contributed by atoms with van der Waals surface area (Å²) in [6.45, 7) is 2.02. The van der Waals surface area contributed by atoms with Gasteiger partial charge in [-0.3, -0.25) is 14.9 Å². The minimum atomic E-state index is -1.17. The van der Waals surface area contributed by atoms with Crippen LogP contribution in [0.4, 0.5) is 0 Å². The summed E-state index contributed by atoms with van der Waals surface area (Å²) < 4.78 is 0. The molecule has 1 aliphatic rings. The molecule has 1 aromatic rings. The van der Waals surface area contributed by atoms with Crippen LogP contribution < -0.4 is 0 Å². The Morgan fingerprint density at radius 2 is 2.16 bits per heavy atom. The van der Waals surface area contributed by atoms with Crippen LogP contribution in [-0.4, -0.2) is 33.6 Å². The van der Waals surface area contributed by atoms with E-state index in [0.717, 1.165) is 5.56 Å². The summed E-state index contributed by atoms with van der Waals surface area (Å²) in [6, 6.07) is 8.66. The SMILES string of the molecule is CC1([N+](=O)[O-])C(CBr)CN(C=O)C1c1ccccc1. The van der Waals surface area contributed by atoms with Gasteiger partial charge in [0.25, 0.3) is 0 Å². The molecule has 1 fully saturated rings. The maximum absolute atomic E-state index is 11.6. The highest BCUT2D eigenvalue weighted by atomic mass is 79.9. The van der Waals surface area contributed by atoms with Crippen LogP contribution in [0.3, 0.4) is 0 Å². The molecule has 1 amide bonds. The number of carbonyl (C=O) groups excluding carboxylic acids is 1. The van der Waals surface area contributed by atoms with E-state index in [4.69, 9.17) is 0 Å². The van der Waals surface area contributed by atoms with E-state index in [1.165, 1.54) is 4.90 Å². The Kier molecular flexibility index (Phi) is 3.89. The van der Waals surface area contributed by atoms with Crippen molar-refractivity contribution in [3.05, 3.63) is 46.0 Å². The number of benzene rings is 1. The lowest BCUT2D eigenvalue weighted by Gasteiger charge is -2.29. The molecule has 1 aliphatic heterocycles. The lowest BCUT2D eigenvalue weighted by atomic mass is 9.82. The van der Waals surface area contributed by atoms with Crippen molar-refractivity contribution in [2.24, 2.45) is 5.92 Å². The predicted octanol–water partition coefficient (Wildman–Crippen LogP) is 2.25. The summed E-state index contributed by atoms with van der Waals surface area (Å²) in [5.41, 5.74) is -0.372. The number of halogens is 1. The van der Waals surface area contributed by atoms with Crippen molar-refractivity contribution in [3.63, 3.8) is 0 Å². The Labute approximate surface area is 119 Å². The zero-order chi connectivity index (χ0) is 14.0. The number of hydrogen-bond acceptors (Lipinski definition) is 3. The van der Waals surface area contributed by atoms with Crippen LogP contribution in [0.1, 0.15) is 18.5 Å². The normalized spacial score (nSPS) is 30.3. The number of likely N-dealkylation sites (tertiary alicyclic amines) is 1. The van der Waals surface area contributed by atoms with Gasteiger partial charge in [0.15, 0.2) is 0 Å². The number of alkyl halides is 1. The molecule has 0 saturated carbocycles. The van der Waals surface area contributed by atoms with Crippen LogP contribution in [0.5, 0.6) is 0 Å². The van der Waals surface area contributed by atoms with Gasteiger partial charge in [-0.25, -0.2) is 0 Å². The van der Waals surface area contributed by atoms with E-state index in [1.807, 2.05) is 30.3 Å². The molecule has 102 valence electrons. The van der Waals surface area contributed by atoms with Crippen molar-refractivity contribution in [1.29, 1.82) is 0 Å². The second-order valence-electron chi connectivity index (χ2n) is 4.95. The predicted molar refractivity (Wildman–Crippen MR) is 74.6 cm³/mol. The van der Waals surface area contributed by atoms with Crippen molar-refractivity contribution >= 4 is 22.3 Å². The van der Waals surface area contributed by atoms with Gasteiger partial charge in [-0.15, -0.1) is 0 Å². The molecular formula is C13H15BrN2O3. The quantitative estimate of drug-likeness (QED) is 0.369. The van der Waals surface area contributed by atoms with E-state index < -0.39 is 11.6 Å². The van der Waals surface area contributed by atoms with Crippen LogP contribution in [0.15, 0.2) is 30.3 Å². The minimum absolute atomic E-state index is 0.210. The molecule has 6 heteroatoms. The van der Waals surface area contributed by atoms with E-state index in [-0.39, 0.29) is 10.8 Å². The van der Waals surface area contributed by atoms with Gasteiger partial charge in [-0.05, 0) is 5.56 Å². The molecule has 3 unspecified atom stereocenters. The average molecular weight is 327 g/mol. The van der Waals surface area contributed by atoms with Gasteiger partial charge in [0, 0.05) is 23.7 Å². The van der Waals surface area contributed by atoms with Gasteiger partial charge in [0.05, 0.1) is 5.92 Å². The van der Waals surface area contributed by atoms with E-state index in [1.54, 1.807) is 6.92 Å². The van der Waals surface area contributed by atoms with E-state index in [0.29, 0.717) is 18.3 Å². The third kappa shape index (κ3) is 2.14. The van der Waals surface area contributed by atoms with Crippen molar-refractivity contribution in [2.75, 3.05) is 11.9 Å². The molecular weight excluding hydrogens is 312 g/mol. The van der Waals surface area contributed by atoms with Crippen LogP contribution >= 0.6 is 15.9 Å². The van der Waals surface area contributed by atoms with E-state index in [9.17, 15) is 14.9 Å². The molecule has 1 saturated heterocycles. The van der Waals surface area contributed by atoms with Gasteiger partial charge in [-0.1, -0.05) is 46.3 Å². The third-order valence-corrected chi connectivity index (χ3v) is 4.75. The van der Waals surface area contributed by atoms with Gasteiger partial charge in [-0.2, -0.15) is 0 Å². The first-order valence-electron chi connectivity index (χ1n) is 6.02. The Morgan fingerprint density at radius 3 is 2.63 bits per heavy atom. The number of nitro groups is 1. The number of hydrogen-bond donors (Lipinski definition) is 0. The molecule has 5 nitrogen and oxygen atoms in total. The zero-order valence-electron chi connectivity index (χ0n) is 10.5. The number of nitrogens with zero attached hydrogens (tertiary/aromatic N) is 2. The largest absolute Gasteiger partial charge is 0.330 e. The van der Waals surface area contributed by atoms with Gasteiger partial charge < -0.3 is 4.90 Å². The number of amides is 1. The highest BCUT2D eigenvalue weighted by Gasteiger charge is 2.60. The van der Waals surface area contributed by atoms with Crippen molar-refractivity contribution < 1.29 is 9.72 Å². The summed E-state index contributed by atoms with van der Waals surface area (Å²) in [7, 11) is 0. The summed E-state index contributed by atoms with van der Waals surface area (Å²) in [4.78, 5) is 24.1. The molecule has 0 bridgehead atoms. The molecule has 2 rings (SSSR count). The zero-order valence-corrected chi connectivity index (χ0v) is 12.1. The highest BCUT2D eigenvalue weighted by Crippen LogP contribution is 2.45. The standard InChI is InChI=1S/C13H15BrN2O3/c1-13(16(18)19)11(7-14)8-15(9-17)12(13)10-5-3-2-4-6-10/h2-6,9,11-12H,7-8H2,1H3. The van der Waals surface area contributed by atoms with Crippen molar-refractivity contribution in [2.45, 2.75) is 18.5 Å². The van der Waals surface area contributed by atoms with Crippen molar-refractivity contribution in [3.8, 4) is 0 Å². The fourth-order valence-corrected chi connectivity index (χ4v) is 3.69. The monoisotopic (exact) mass is 326 g/mol. The van der Waals surface area contributed by atoms with Gasteiger partial charge >= 0.3 is 0 Å². The Morgan fingerprint density at radius 1 is 1.53 bits per heavy atom. The lowest BCUT2D eigenvalue weighted by molar-refractivity contribution is -0.576. The number of rotatable bonds is 4. The molecule has 19 heavy (non-hydrogen) atoms. The first kappa shape index (κ1) is 14.0. The second-order valence-corrected chi connectivity index (χ2v) is 5.60. The molecule has 0 spiro atoms. The topological polar surface area (TPSA) is 63.5 Å². The van der Waals surface area contributed by atoms with Crippen LogP contribution in [0, 0.1) is 16.0 Å². The Bertz CT molecular complexity index is 482. The molecule has 0 aliphatic carbocycles. The average Bonchev–Trinajstić information content (AvgIpc) is 2.73. The fourth-order valence-electron chi connectivity index (χ4n) is 2.83. The lowest BCUT2D eigenvalue weighted by Crippen LogP contribution is -2.46.